The zero-order chi connectivity index (χ0) is 15.6. The molecule has 0 saturated heterocycles. The van der Waals surface area contributed by atoms with E-state index >= 15 is 0 Å². The topological polar surface area (TPSA) is 72.2 Å². The number of thiocarbonyl (C=S) groups is 1. The Kier molecular flexibility index (Phi) is 4.88. The summed E-state index contributed by atoms with van der Waals surface area (Å²) in [6.45, 7) is 0. The molecule has 21 heavy (non-hydrogen) atoms. The number of hydrogen-bond acceptors (Lipinski definition) is 3. The van der Waals surface area contributed by atoms with Gasteiger partial charge in [-0.1, -0.05) is 51.9 Å². The molecule has 4 nitrogen and oxygen atoms in total. The van der Waals surface area contributed by atoms with Crippen molar-refractivity contribution in [3.05, 3.63) is 57.5 Å². The van der Waals surface area contributed by atoms with Crippen molar-refractivity contribution in [2.45, 2.75) is 4.90 Å². The molecule has 0 saturated carbocycles. The van der Waals surface area contributed by atoms with E-state index in [1.165, 1.54) is 12.1 Å². The van der Waals surface area contributed by atoms with Crippen LogP contribution in [0.15, 0.2) is 51.8 Å². The number of nitrogens with one attached hydrogen (secondary N) is 1. The summed E-state index contributed by atoms with van der Waals surface area (Å²) in [7, 11) is -3.83. The highest BCUT2D eigenvalue weighted by Gasteiger charge is 2.19. The van der Waals surface area contributed by atoms with Gasteiger partial charge in [-0.15, -0.1) is 0 Å². The smallest absolute Gasteiger partial charge is 0.263 e. The van der Waals surface area contributed by atoms with Gasteiger partial charge in [0.15, 0.2) is 0 Å². The molecule has 110 valence electrons. The number of benzene rings is 2. The minimum absolute atomic E-state index is 0.0107. The highest BCUT2D eigenvalue weighted by atomic mass is 79.9. The van der Waals surface area contributed by atoms with Crippen LogP contribution in [0.4, 0.5) is 5.69 Å². The Balaban J connectivity index is 2.47. The van der Waals surface area contributed by atoms with Crippen LogP contribution in [-0.2, 0) is 10.0 Å². The van der Waals surface area contributed by atoms with Gasteiger partial charge in [0.25, 0.3) is 10.0 Å². The van der Waals surface area contributed by atoms with Crippen LogP contribution in [0.5, 0.6) is 0 Å². The van der Waals surface area contributed by atoms with Gasteiger partial charge >= 0.3 is 0 Å². The van der Waals surface area contributed by atoms with Crippen LogP contribution in [0.2, 0.25) is 5.02 Å². The molecule has 2 aromatic carbocycles. The molecule has 0 fully saturated rings. The van der Waals surface area contributed by atoms with E-state index in [0.717, 1.165) is 4.47 Å². The normalized spacial score (nSPS) is 11.1. The van der Waals surface area contributed by atoms with Crippen molar-refractivity contribution in [1.29, 1.82) is 0 Å². The van der Waals surface area contributed by atoms with Gasteiger partial charge in [0, 0.05) is 10.0 Å². The summed E-state index contributed by atoms with van der Waals surface area (Å²) in [6.07, 6.45) is 0. The molecular formula is C13H10BrClN2O2S2. The minimum Gasteiger partial charge on any atom is -0.389 e. The number of nitrogens with two attached hydrogens (primary N) is 1. The molecular weight excluding hydrogens is 396 g/mol. The number of hydrogen-bond donors (Lipinski definition) is 2. The van der Waals surface area contributed by atoms with Crippen LogP contribution in [0.25, 0.3) is 0 Å². The summed E-state index contributed by atoms with van der Waals surface area (Å²) in [6, 6.07) is 11.1. The molecule has 0 radical (unpaired) electrons. The molecule has 0 spiro atoms. The Morgan fingerprint density at radius 2 is 1.90 bits per heavy atom. The molecule has 0 aliphatic heterocycles. The summed E-state index contributed by atoms with van der Waals surface area (Å²) in [4.78, 5) is 0.0802. The summed E-state index contributed by atoms with van der Waals surface area (Å²) in [5.74, 6) is 0. The molecule has 0 bridgehead atoms. The van der Waals surface area contributed by atoms with Crippen molar-refractivity contribution in [1.82, 2.24) is 0 Å². The van der Waals surface area contributed by atoms with Gasteiger partial charge in [0.2, 0.25) is 0 Å². The van der Waals surface area contributed by atoms with E-state index in [0.29, 0.717) is 11.3 Å². The van der Waals surface area contributed by atoms with Gasteiger partial charge in [0.1, 0.15) is 9.88 Å². The average Bonchev–Trinajstić information content (AvgIpc) is 2.40. The lowest BCUT2D eigenvalue weighted by Crippen LogP contribution is -2.18. The maximum atomic E-state index is 12.4. The minimum atomic E-state index is -3.83. The summed E-state index contributed by atoms with van der Waals surface area (Å²) in [5.41, 5.74) is 6.34. The second-order valence-corrected chi connectivity index (χ2v) is 7.50. The number of halogens is 2. The lowest BCUT2D eigenvalue weighted by atomic mass is 10.2. The lowest BCUT2D eigenvalue weighted by Gasteiger charge is -2.13. The predicted molar refractivity (Wildman–Crippen MR) is 92.3 cm³/mol. The third-order valence-corrected chi connectivity index (χ3v) is 5.20. The van der Waals surface area contributed by atoms with Crippen molar-refractivity contribution in [2.75, 3.05) is 4.72 Å². The predicted octanol–water partition coefficient (Wildman–Crippen LogP) is 3.54. The Morgan fingerprint density at radius 1 is 1.24 bits per heavy atom. The lowest BCUT2D eigenvalue weighted by molar-refractivity contribution is 0.601. The second-order valence-electron chi connectivity index (χ2n) is 4.09. The Labute approximate surface area is 141 Å². The van der Waals surface area contributed by atoms with Crippen LogP contribution in [-0.4, -0.2) is 13.4 Å². The first-order valence-corrected chi connectivity index (χ1v) is 8.74. The fourth-order valence-corrected chi connectivity index (χ4v) is 3.80. The van der Waals surface area contributed by atoms with E-state index in [1.54, 1.807) is 30.3 Å². The highest BCUT2D eigenvalue weighted by Crippen LogP contribution is 2.26. The van der Waals surface area contributed by atoms with Crippen LogP contribution in [0, 0.1) is 0 Å². The Bertz CT molecular complexity index is 810. The van der Waals surface area contributed by atoms with E-state index in [4.69, 9.17) is 29.6 Å². The molecule has 0 heterocycles. The van der Waals surface area contributed by atoms with Crippen LogP contribution < -0.4 is 10.5 Å². The van der Waals surface area contributed by atoms with Gasteiger partial charge in [-0.05, 0) is 30.3 Å². The molecule has 2 rings (SSSR count). The van der Waals surface area contributed by atoms with Crippen molar-refractivity contribution in [2.24, 2.45) is 5.73 Å². The van der Waals surface area contributed by atoms with Crippen molar-refractivity contribution in [3.63, 3.8) is 0 Å². The van der Waals surface area contributed by atoms with Gasteiger partial charge < -0.3 is 5.73 Å². The second kappa shape index (κ2) is 6.31. The average molecular weight is 406 g/mol. The van der Waals surface area contributed by atoms with E-state index in [-0.39, 0.29) is 14.9 Å². The first kappa shape index (κ1) is 16.2. The largest absolute Gasteiger partial charge is 0.389 e. The summed E-state index contributed by atoms with van der Waals surface area (Å²) < 4.78 is 28.0. The molecule has 8 heteroatoms. The maximum Gasteiger partial charge on any atom is 0.263 e. The summed E-state index contributed by atoms with van der Waals surface area (Å²) >= 11 is 14.1. The molecule has 3 N–H and O–H groups in total. The van der Waals surface area contributed by atoms with Crippen molar-refractivity contribution < 1.29 is 8.42 Å². The molecule has 0 aliphatic rings. The number of sulfonamides is 1. The van der Waals surface area contributed by atoms with Crippen LogP contribution in [0.3, 0.4) is 0 Å². The van der Waals surface area contributed by atoms with Gasteiger partial charge in [0.05, 0.1) is 10.7 Å². The zero-order valence-electron chi connectivity index (χ0n) is 10.5. The van der Waals surface area contributed by atoms with Crippen molar-refractivity contribution >= 4 is 60.4 Å². The van der Waals surface area contributed by atoms with Gasteiger partial charge in [-0.2, -0.15) is 0 Å². The quantitative estimate of drug-likeness (QED) is 0.763. The molecule has 0 amide bonds. The fraction of sp³-hybridized carbons (Fsp3) is 0. The Hall–Kier alpha value is -1.15. The molecule has 0 unspecified atom stereocenters. The summed E-state index contributed by atoms with van der Waals surface area (Å²) in [5, 5.41) is 0.138. The first-order valence-electron chi connectivity index (χ1n) is 5.68. The van der Waals surface area contributed by atoms with E-state index in [2.05, 4.69) is 20.7 Å². The van der Waals surface area contributed by atoms with Gasteiger partial charge in [-0.25, -0.2) is 8.42 Å². The standard InChI is InChI=1S/C13H10BrClN2O2S2/c14-8-5-6-11(9(7-8)13(16)20)17-21(18,19)12-4-2-1-3-10(12)15/h1-7,17H,(H2,16,20). The van der Waals surface area contributed by atoms with Crippen LogP contribution in [0.1, 0.15) is 5.56 Å². The van der Waals surface area contributed by atoms with Crippen LogP contribution >= 0.6 is 39.7 Å². The van der Waals surface area contributed by atoms with E-state index in [1.807, 2.05) is 0 Å². The number of rotatable bonds is 4. The molecule has 2 aromatic rings. The third-order valence-electron chi connectivity index (χ3n) is 2.62. The fourth-order valence-electron chi connectivity index (χ4n) is 1.67. The van der Waals surface area contributed by atoms with E-state index < -0.39 is 10.0 Å². The van der Waals surface area contributed by atoms with E-state index in [9.17, 15) is 8.42 Å². The van der Waals surface area contributed by atoms with Crippen molar-refractivity contribution in [3.8, 4) is 0 Å². The highest BCUT2D eigenvalue weighted by molar-refractivity contribution is 9.10. The molecule has 0 aromatic heterocycles. The van der Waals surface area contributed by atoms with Gasteiger partial charge in [-0.3, -0.25) is 4.72 Å². The Morgan fingerprint density at radius 3 is 2.52 bits per heavy atom. The SMILES string of the molecule is NC(=S)c1cc(Br)ccc1NS(=O)(=O)c1ccccc1Cl. The molecule has 0 aliphatic carbocycles. The zero-order valence-corrected chi connectivity index (χ0v) is 14.5. The maximum absolute atomic E-state index is 12.4. The third kappa shape index (κ3) is 3.74. The first-order chi connectivity index (χ1) is 9.81. The monoisotopic (exact) mass is 404 g/mol. The number of anilines is 1. The molecule has 0 atom stereocenters.